The van der Waals surface area contributed by atoms with Crippen LogP contribution in [0.3, 0.4) is 0 Å². The molecule has 2 amide bonds. The molecule has 20 N–H and O–H groups in total. The molecule has 32 nitrogen and oxygen atoms in total. The molecule has 5 aliphatic rings. The Kier molecular flexibility index (Phi) is 22.5. The van der Waals surface area contributed by atoms with Gasteiger partial charge in [0.2, 0.25) is 11.8 Å². The smallest absolute Gasteiger partial charge is 0.217 e. The van der Waals surface area contributed by atoms with E-state index in [1.165, 1.54) is 6.92 Å². The Labute approximate surface area is 409 Å². The van der Waals surface area contributed by atoms with Crippen molar-refractivity contribution in [2.45, 2.75) is 199 Å². The lowest BCUT2D eigenvalue weighted by Gasteiger charge is -2.49. The summed E-state index contributed by atoms with van der Waals surface area (Å²) < 4.78 is 56.6. The molecule has 72 heavy (non-hydrogen) atoms. The first-order chi connectivity index (χ1) is 33.9. The summed E-state index contributed by atoms with van der Waals surface area (Å²) in [6, 6.07) is -3.46. The van der Waals surface area contributed by atoms with Gasteiger partial charge in [-0.15, -0.1) is 0 Å². The molecule has 5 fully saturated rings. The van der Waals surface area contributed by atoms with Gasteiger partial charge in [-0.2, -0.15) is 0 Å². The van der Waals surface area contributed by atoms with Crippen molar-refractivity contribution in [3.05, 3.63) is 0 Å². The fraction of sp³-hybridized carbons (Fsp3) is 0.950. The highest BCUT2D eigenvalue weighted by molar-refractivity contribution is 5.73. The Morgan fingerprint density at radius 2 is 1.00 bits per heavy atom. The third-order valence-corrected chi connectivity index (χ3v) is 12.8. The zero-order valence-corrected chi connectivity index (χ0v) is 38.9. The minimum absolute atomic E-state index is 0.776. The van der Waals surface area contributed by atoms with Gasteiger partial charge < -0.3 is 150 Å². The third-order valence-electron chi connectivity index (χ3n) is 12.8. The third kappa shape index (κ3) is 13.9. The summed E-state index contributed by atoms with van der Waals surface area (Å²) in [4.78, 5) is 24.7. The van der Waals surface area contributed by atoms with Crippen LogP contribution in [0.25, 0.3) is 0 Å². The predicted molar refractivity (Wildman–Crippen MR) is 223 cm³/mol. The summed E-state index contributed by atoms with van der Waals surface area (Å²) in [6.07, 6.45) is -51.1. The van der Waals surface area contributed by atoms with Gasteiger partial charge in [0, 0.05) is 13.8 Å². The first-order valence-electron chi connectivity index (χ1n) is 22.9. The largest absolute Gasteiger partial charge is 0.394 e. The Balaban J connectivity index is 1.43. The van der Waals surface area contributed by atoms with Crippen LogP contribution in [0.2, 0.25) is 0 Å². The summed E-state index contributed by atoms with van der Waals surface area (Å²) in [6.45, 7) is -2.35. The van der Waals surface area contributed by atoms with Gasteiger partial charge >= 0.3 is 0 Å². The van der Waals surface area contributed by atoms with Crippen molar-refractivity contribution in [3.8, 4) is 0 Å². The molecule has 0 bridgehead atoms. The van der Waals surface area contributed by atoms with E-state index in [1.807, 2.05) is 0 Å². The van der Waals surface area contributed by atoms with Crippen LogP contribution in [-0.2, 0) is 57.0 Å². The van der Waals surface area contributed by atoms with E-state index in [4.69, 9.17) is 47.4 Å². The van der Waals surface area contributed by atoms with Crippen molar-refractivity contribution < 1.29 is 149 Å². The van der Waals surface area contributed by atoms with Crippen LogP contribution in [0.5, 0.6) is 0 Å². The van der Waals surface area contributed by atoms with Gasteiger partial charge in [0.15, 0.2) is 31.5 Å². The number of ether oxygens (including phenoxy) is 10. The second-order valence-electron chi connectivity index (χ2n) is 18.1. The van der Waals surface area contributed by atoms with Crippen LogP contribution in [-0.4, -0.2) is 321 Å². The van der Waals surface area contributed by atoms with Gasteiger partial charge in [-0.05, 0) is 6.92 Å². The Morgan fingerprint density at radius 3 is 1.54 bits per heavy atom. The van der Waals surface area contributed by atoms with Crippen molar-refractivity contribution >= 4 is 11.8 Å². The fourth-order valence-corrected chi connectivity index (χ4v) is 8.66. The molecular formula is C40H70N2O30. The number of carbonyl (C=O) groups is 2. The number of hydrogen-bond donors (Lipinski definition) is 20. The predicted octanol–water partition coefficient (Wildman–Crippen LogP) is -13.1. The summed E-state index contributed by atoms with van der Waals surface area (Å²) >= 11 is 0. The van der Waals surface area contributed by atoms with Gasteiger partial charge in [0.05, 0.1) is 51.8 Å². The molecule has 0 saturated carbocycles. The van der Waals surface area contributed by atoms with E-state index in [-0.39, 0.29) is 0 Å². The van der Waals surface area contributed by atoms with E-state index in [9.17, 15) is 102 Å². The number of aliphatic hydroxyl groups is 18. The Hall–Kier alpha value is -2.18. The summed E-state index contributed by atoms with van der Waals surface area (Å²) in [5.74, 6) is -1.67. The van der Waals surface area contributed by atoms with E-state index in [2.05, 4.69) is 10.6 Å². The minimum atomic E-state index is -2.26. The highest BCUT2D eigenvalue weighted by Gasteiger charge is 2.56. The highest BCUT2D eigenvalue weighted by atomic mass is 16.8. The quantitative estimate of drug-likeness (QED) is 0.0507. The van der Waals surface area contributed by atoms with Crippen molar-refractivity contribution in [2.75, 3.05) is 39.6 Å². The molecule has 5 aliphatic heterocycles. The van der Waals surface area contributed by atoms with E-state index in [0.29, 0.717) is 0 Å². The molecule has 29 atom stereocenters. The van der Waals surface area contributed by atoms with E-state index >= 15 is 0 Å². The summed E-state index contributed by atoms with van der Waals surface area (Å²) in [5, 5.41) is 196. The average molecular weight is 1060 g/mol. The van der Waals surface area contributed by atoms with Gasteiger partial charge in [-0.1, -0.05) is 0 Å². The van der Waals surface area contributed by atoms with Crippen LogP contribution < -0.4 is 10.6 Å². The van der Waals surface area contributed by atoms with Crippen LogP contribution in [0.1, 0.15) is 20.8 Å². The number of amides is 2. The van der Waals surface area contributed by atoms with Crippen LogP contribution in [0.15, 0.2) is 0 Å². The second kappa shape index (κ2) is 26.7. The SMILES string of the molecule is CC(=O)N[C@@H](CO)[C@@H](O)[C@H](OC1O[C@H](CO)[C@@H](OC2O[C@H](COC3O[C@H](CO)[C@@H](O)[C@H](O)[C@@H]3O)[C@@H](O)[C@H](OC3O[C@H](CO)[C@@H](O)[C@H](O)[C@@H]3O)[C@@H]2O)[C@H](O)[C@H]1NC(C)=O)[C@H](O)COC1O[C@@H](C)[C@@H](O)[C@@H](O)[C@@H]1O. The molecule has 0 aromatic carbocycles. The lowest BCUT2D eigenvalue weighted by Crippen LogP contribution is -2.69. The Bertz CT molecular complexity index is 1680. The molecule has 5 heterocycles. The average Bonchev–Trinajstić information content (AvgIpc) is 3.34. The zero-order chi connectivity index (χ0) is 53.6. The molecule has 0 radical (unpaired) electrons. The van der Waals surface area contributed by atoms with Gasteiger partial charge in [-0.3, -0.25) is 9.59 Å². The molecule has 5 saturated heterocycles. The molecule has 5 rings (SSSR count). The van der Waals surface area contributed by atoms with E-state index < -0.39 is 229 Å². The maximum Gasteiger partial charge on any atom is 0.217 e. The van der Waals surface area contributed by atoms with Crippen LogP contribution in [0, 0.1) is 0 Å². The Morgan fingerprint density at radius 1 is 0.514 bits per heavy atom. The molecule has 0 aromatic heterocycles. The second-order valence-corrected chi connectivity index (χ2v) is 18.1. The lowest BCUT2D eigenvalue weighted by atomic mass is 9.94. The van der Waals surface area contributed by atoms with E-state index in [1.54, 1.807) is 0 Å². The number of aliphatic hydroxyl groups excluding tert-OH is 18. The summed E-state index contributed by atoms with van der Waals surface area (Å²) in [7, 11) is 0. The topological polar surface area (TPSA) is 515 Å². The fourth-order valence-electron chi connectivity index (χ4n) is 8.66. The van der Waals surface area contributed by atoms with Crippen molar-refractivity contribution in [2.24, 2.45) is 0 Å². The van der Waals surface area contributed by atoms with Crippen molar-refractivity contribution in [1.82, 2.24) is 10.6 Å². The maximum atomic E-state index is 12.7. The molecular weight excluding hydrogens is 988 g/mol. The number of hydrogen-bond acceptors (Lipinski definition) is 30. The molecule has 420 valence electrons. The summed E-state index contributed by atoms with van der Waals surface area (Å²) in [5.41, 5.74) is 0. The first-order valence-corrected chi connectivity index (χ1v) is 22.9. The monoisotopic (exact) mass is 1060 g/mol. The number of nitrogens with one attached hydrogen (secondary N) is 2. The highest BCUT2D eigenvalue weighted by Crippen LogP contribution is 2.35. The molecule has 0 spiro atoms. The molecule has 32 heteroatoms. The molecule has 0 aromatic rings. The van der Waals surface area contributed by atoms with Gasteiger partial charge in [-0.25, -0.2) is 0 Å². The van der Waals surface area contributed by atoms with Gasteiger partial charge in [0.25, 0.3) is 0 Å². The van der Waals surface area contributed by atoms with Crippen molar-refractivity contribution in [1.29, 1.82) is 0 Å². The number of rotatable bonds is 21. The molecule has 5 unspecified atom stereocenters. The van der Waals surface area contributed by atoms with E-state index in [0.717, 1.165) is 13.8 Å². The van der Waals surface area contributed by atoms with Crippen molar-refractivity contribution in [3.63, 3.8) is 0 Å². The van der Waals surface area contributed by atoms with Gasteiger partial charge in [0.1, 0.15) is 134 Å². The standard InChI is InChI=1S/C40H70N2O30/c1-10-20(50)26(56)29(59)37(65-10)63-8-14(49)33(21(51)13(4-43)41-11(2)47)70-36-19(42-12(3)48)25(55)34(17(7-46)68-36)71-40-32(62)35(72-39-31(61)28(58)23(53)16(6-45)67-39)24(54)18(69-40)9-64-38-30(60)27(57)22(52)15(5-44)66-38/h10,13-40,43-46,49-62H,4-9H2,1-3H3,(H,41,47)(H,42,48)/t10-,13-,14+,15+,16+,17+,18+,19+,20+,21+,22+,23+,24+,25+,26+,27-,28-,29-,30-,31-,32-,33+,34+,35-,36?,37?,38?,39?,40?/m0/s1. The molecule has 0 aliphatic carbocycles. The first kappa shape index (κ1) is 60.7. The number of carbonyl (C=O) groups excluding carboxylic acids is 2. The lowest BCUT2D eigenvalue weighted by molar-refractivity contribution is -0.382. The normalized spacial score (nSPS) is 45.7. The van der Waals surface area contributed by atoms with Crippen LogP contribution >= 0.6 is 0 Å². The minimum Gasteiger partial charge on any atom is -0.394 e. The van der Waals surface area contributed by atoms with Crippen LogP contribution in [0.4, 0.5) is 0 Å². The zero-order valence-electron chi connectivity index (χ0n) is 38.9. The maximum absolute atomic E-state index is 12.7.